The molecule has 4 heterocycles. The summed E-state index contributed by atoms with van der Waals surface area (Å²) in [5, 5.41) is 3.89. The molecule has 0 saturated carbocycles. The molecule has 48 heavy (non-hydrogen) atoms. The van der Waals surface area contributed by atoms with Crippen molar-refractivity contribution in [3.63, 3.8) is 0 Å². The van der Waals surface area contributed by atoms with Crippen molar-refractivity contribution >= 4 is 32.7 Å². The number of benzene rings is 4. The van der Waals surface area contributed by atoms with Gasteiger partial charge in [-0.05, 0) is 117 Å². The van der Waals surface area contributed by atoms with Gasteiger partial charge >= 0.3 is 0 Å². The van der Waals surface area contributed by atoms with Crippen molar-refractivity contribution in [3.8, 4) is 33.9 Å². The lowest BCUT2D eigenvalue weighted by atomic mass is 9.94. The predicted octanol–water partition coefficient (Wildman–Crippen LogP) is 10.6. The Hall–Kier alpha value is -5.48. The van der Waals surface area contributed by atoms with Crippen LogP contribution < -0.4 is 0 Å². The minimum Gasteiger partial charge on any atom is -0.313 e. The maximum atomic E-state index is 5.17. The maximum Gasteiger partial charge on any atom is 0.0718 e. The lowest BCUT2D eigenvalue weighted by Crippen LogP contribution is -2.07. The Morgan fingerprint density at radius 3 is 2.00 bits per heavy atom. The van der Waals surface area contributed by atoms with Crippen molar-refractivity contribution in [2.75, 3.05) is 0 Å². The van der Waals surface area contributed by atoms with Gasteiger partial charge in [0, 0.05) is 50.0 Å². The molecule has 0 aliphatic heterocycles. The van der Waals surface area contributed by atoms with E-state index in [-0.39, 0.29) is 0 Å². The Morgan fingerprint density at radius 2 is 1.17 bits per heavy atom. The summed E-state index contributed by atoms with van der Waals surface area (Å²) >= 11 is 0. The third kappa shape index (κ3) is 4.36. The largest absolute Gasteiger partial charge is 0.313 e. The van der Waals surface area contributed by atoms with Crippen molar-refractivity contribution in [3.05, 3.63) is 144 Å². The van der Waals surface area contributed by atoms with Gasteiger partial charge in [0.2, 0.25) is 0 Å². The summed E-state index contributed by atoms with van der Waals surface area (Å²) < 4.78 is 4.98. The highest BCUT2D eigenvalue weighted by Gasteiger charge is 2.24. The summed E-state index contributed by atoms with van der Waals surface area (Å²) in [5.74, 6) is 0. The first-order chi connectivity index (χ1) is 23.8. The van der Waals surface area contributed by atoms with Crippen LogP contribution in [0.3, 0.4) is 0 Å². The standard InChI is InChI=1S/C44H36N4/c1-2-13-32(14-3-1)47-41-19-8-5-16-34(41)36-26-31(22-24-43(36)47)40-27-37-35-17-6-9-20-42(35)48(44(37)28-45-40)33-15-10-12-30(25-33)39-23-21-29-11-4-7-18-38(29)46-39/h1-4,7,10-15,18,21-28H,5-6,8-9,16-17,19-20H2. The monoisotopic (exact) mass is 620 g/mol. The number of nitrogens with zero attached hydrogens (tertiary/aromatic N) is 4. The molecule has 232 valence electrons. The predicted molar refractivity (Wildman–Crippen MR) is 197 cm³/mol. The van der Waals surface area contributed by atoms with Gasteiger partial charge in [0.25, 0.3) is 0 Å². The van der Waals surface area contributed by atoms with E-state index in [4.69, 9.17) is 9.97 Å². The lowest BCUT2D eigenvalue weighted by Gasteiger charge is -2.16. The summed E-state index contributed by atoms with van der Waals surface area (Å²) in [5.41, 5.74) is 16.3. The summed E-state index contributed by atoms with van der Waals surface area (Å²) in [6, 6.07) is 41.8. The van der Waals surface area contributed by atoms with Crippen molar-refractivity contribution in [1.29, 1.82) is 0 Å². The molecule has 10 rings (SSSR count). The maximum absolute atomic E-state index is 5.17. The van der Waals surface area contributed by atoms with Crippen LogP contribution >= 0.6 is 0 Å². The van der Waals surface area contributed by atoms with Gasteiger partial charge in [-0.1, -0.05) is 60.7 Å². The topological polar surface area (TPSA) is 35.6 Å². The van der Waals surface area contributed by atoms with Crippen LogP contribution in [0.5, 0.6) is 0 Å². The van der Waals surface area contributed by atoms with Crippen molar-refractivity contribution in [2.45, 2.75) is 51.4 Å². The first-order valence-corrected chi connectivity index (χ1v) is 17.5. The van der Waals surface area contributed by atoms with E-state index in [2.05, 4.69) is 131 Å². The van der Waals surface area contributed by atoms with Crippen LogP contribution in [0.2, 0.25) is 0 Å². The quantitative estimate of drug-likeness (QED) is 0.196. The van der Waals surface area contributed by atoms with Gasteiger partial charge in [0.05, 0.1) is 34.1 Å². The molecule has 0 amide bonds. The summed E-state index contributed by atoms with van der Waals surface area (Å²) in [7, 11) is 0. The van der Waals surface area contributed by atoms with Crippen molar-refractivity contribution in [2.24, 2.45) is 0 Å². The second kappa shape index (κ2) is 11.1. The third-order valence-corrected chi connectivity index (χ3v) is 10.7. The molecule has 4 aromatic heterocycles. The van der Waals surface area contributed by atoms with Gasteiger partial charge in [0.1, 0.15) is 0 Å². The van der Waals surface area contributed by atoms with Gasteiger partial charge < -0.3 is 9.13 Å². The summed E-state index contributed by atoms with van der Waals surface area (Å²) in [6.07, 6.45) is 11.6. The van der Waals surface area contributed by atoms with Crippen molar-refractivity contribution < 1.29 is 0 Å². The fraction of sp³-hybridized carbons (Fsp3) is 0.182. The average molecular weight is 621 g/mol. The number of pyridine rings is 2. The molecule has 4 heteroatoms. The average Bonchev–Trinajstić information content (AvgIpc) is 3.67. The van der Waals surface area contributed by atoms with Crippen LogP contribution in [0.1, 0.15) is 48.2 Å². The Labute approximate surface area is 280 Å². The first kappa shape index (κ1) is 27.6. The number of hydrogen-bond donors (Lipinski definition) is 0. The molecule has 0 unspecified atom stereocenters. The fourth-order valence-electron chi connectivity index (χ4n) is 8.50. The summed E-state index contributed by atoms with van der Waals surface area (Å²) in [4.78, 5) is 10.2. The second-order valence-corrected chi connectivity index (χ2v) is 13.5. The normalized spacial score (nSPS) is 14.4. The van der Waals surface area contributed by atoms with Crippen LogP contribution in [-0.2, 0) is 25.7 Å². The molecule has 4 aromatic carbocycles. The zero-order chi connectivity index (χ0) is 31.6. The number of aryl methyl sites for hydroxylation is 2. The molecular formula is C44H36N4. The van der Waals surface area contributed by atoms with Gasteiger partial charge in [-0.2, -0.15) is 0 Å². The lowest BCUT2D eigenvalue weighted by molar-refractivity contribution is 0.667. The third-order valence-electron chi connectivity index (χ3n) is 10.7. The van der Waals surface area contributed by atoms with Crippen molar-refractivity contribution in [1.82, 2.24) is 19.1 Å². The highest BCUT2D eigenvalue weighted by atomic mass is 15.0. The number of aromatic nitrogens is 4. The van der Waals surface area contributed by atoms with Crippen LogP contribution in [0, 0.1) is 0 Å². The smallest absolute Gasteiger partial charge is 0.0718 e. The van der Waals surface area contributed by atoms with E-state index in [0.29, 0.717) is 0 Å². The summed E-state index contributed by atoms with van der Waals surface area (Å²) in [6.45, 7) is 0. The molecule has 0 atom stereocenters. The van der Waals surface area contributed by atoms with E-state index in [1.54, 1.807) is 0 Å². The zero-order valence-corrected chi connectivity index (χ0v) is 27.0. The highest BCUT2D eigenvalue weighted by molar-refractivity contribution is 5.94. The minimum atomic E-state index is 1.000. The van der Waals surface area contributed by atoms with E-state index < -0.39 is 0 Å². The van der Waals surface area contributed by atoms with Crippen LogP contribution in [0.15, 0.2) is 121 Å². The molecule has 2 aliphatic rings. The minimum absolute atomic E-state index is 1.000. The molecule has 4 nitrogen and oxygen atoms in total. The number of rotatable bonds is 4. The van der Waals surface area contributed by atoms with E-state index in [9.17, 15) is 0 Å². The van der Waals surface area contributed by atoms with Gasteiger partial charge in [0.15, 0.2) is 0 Å². The van der Waals surface area contributed by atoms with Gasteiger partial charge in [-0.3, -0.25) is 4.98 Å². The molecule has 0 radical (unpaired) electrons. The molecule has 8 aromatic rings. The molecule has 0 spiro atoms. The van der Waals surface area contributed by atoms with E-state index in [0.717, 1.165) is 53.5 Å². The Balaban J connectivity index is 1.10. The molecule has 2 aliphatic carbocycles. The highest BCUT2D eigenvalue weighted by Crippen LogP contribution is 2.39. The molecule has 0 fully saturated rings. The molecule has 0 saturated heterocycles. The molecule has 0 bridgehead atoms. The zero-order valence-electron chi connectivity index (χ0n) is 27.0. The van der Waals surface area contributed by atoms with E-state index in [1.807, 2.05) is 0 Å². The Morgan fingerprint density at radius 1 is 0.479 bits per heavy atom. The van der Waals surface area contributed by atoms with E-state index in [1.165, 1.54) is 86.9 Å². The van der Waals surface area contributed by atoms with Crippen LogP contribution in [0.25, 0.3) is 66.6 Å². The SMILES string of the molecule is c1ccc(-n2c3c(c4cc(-c5cc6c7c(n(-c8cccc(-c9ccc%10ccccc%10n9)c8)c6cn5)CCCC7)ccc42)CCCC3)cc1. The Kier molecular flexibility index (Phi) is 6.36. The molecule has 0 N–H and O–H groups in total. The van der Waals surface area contributed by atoms with Crippen LogP contribution in [0.4, 0.5) is 0 Å². The second-order valence-electron chi connectivity index (χ2n) is 13.5. The molecular weight excluding hydrogens is 585 g/mol. The Bertz CT molecular complexity index is 2520. The fourth-order valence-corrected chi connectivity index (χ4v) is 8.50. The van der Waals surface area contributed by atoms with Crippen LogP contribution in [-0.4, -0.2) is 19.1 Å². The van der Waals surface area contributed by atoms with E-state index >= 15 is 0 Å². The van der Waals surface area contributed by atoms with Gasteiger partial charge in [-0.15, -0.1) is 0 Å². The van der Waals surface area contributed by atoms with Gasteiger partial charge in [-0.25, -0.2) is 4.98 Å². The number of hydrogen-bond acceptors (Lipinski definition) is 2. The number of fused-ring (bicyclic) bond motifs is 7. The first-order valence-electron chi connectivity index (χ1n) is 17.5. The number of para-hydroxylation sites is 2.